The fourth-order valence-electron chi connectivity index (χ4n) is 1.35. The number of hydrogen-bond acceptors (Lipinski definition) is 1. The molecule has 1 nitrogen and oxygen atoms in total. The molecule has 1 heterocycles. The lowest BCUT2D eigenvalue weighted by molar-refractivity contribution is -0.137. The molecule has 0 amide bonds. The quantitative estimate of drug-likeness (QED) is 0.649. The second-order valence-corrected chi connectivity index (χ2v) is 3.57. The molecule has 0 atom stereocenters. The number of hydrogen-bond donors (Lipinski definition) is 0. The van der Waals surface area contributed by atoms with Crippen LogP contribution in [-0.2, 0) is 6.18 Å². The van der Waals surface area contributed by atoms with E-state index in [1.807, 2.05) is 0 Å². The Bertz CT molecular complexity index is 592. The maximum atomic E-state index is 12.5. The van der Waals surface area contributed by atoms with Crippen LogP contribution in [0.1, 0.15) is 16.7 Å². The smallest absolute Gasteiger partial charge is 0.263 e. The van der Waals surface area contributed by atoms with Gasteiger partial charge < -0.3 is 0 Å². The molecule has 0 unspecified atom stereocenters. The third-order valence-electron chi connectivity index (χ3n) is 2.20. The second kappa shape index (κ2) is 4.92. The summed E-state index contributed by atoms with van der Waals surface area (Å²) in [5.74, 6) is 5.44. The van der Waals surface area contributed by atoms with Crippen LogP contribution in [0.25, 0.3) is 0 Å². The highest BCUT2D eigenvalue weighted by atomic mass is 19.4. The first-order chi connectivity index (χ1) is 8.55. The Labute approximate surface area is 102 Å². The zero-order chi connectivity index (χ0) is 13.0. The van der Waals surface area contributed by atoms with Crippen molar-refractivity contribution in [2.24, 2.45) is 0 Å². The van der Waals surface area contributed by atoms with Gasteiger partial charge in [-0.25, -0.2) is 0 Å². The van der Waals surface area contributed by atoms with Crippen LogP contribution in [0.4, 0.5) is 13.2 Å². The molecule has 0 saturated heterocycles. The van der Waals surface area contributed by atoms with Crippen LogP contribution in [0.2, 0.25) is 0 Å². The number of halogens is 3. The van der Waals surface area contributed by atoms with Gasteiger partial charge in [-0.1, -0.05) is 17.9 Å². The largest absolute Gasteiger partial charge is 0.416 e. The molecule has 1 aromatic heterocycles. The van der Waals surface area contributed by atoms with Gasteiger partial charge in [-0.15, -0.1) is 0 Å². The van der Waals surface area contributed by atoms with Gasteiger partial charge in [0.15, 0.2) is 0 Å². The maximum absolute atomic E-state index is 12.5. The van der Waals surface area contributed by atoms with Crippen molar-refractivity contribution in [2.75, 3.05) is 0 Å². The van der Waals surface area contributed by atoms with Crippen LogP contribution in [0.3, 0.4) is 0 Å². The topological polar surface area (TPSA) is 12.9 Å². The van der Waals surface area contributed by atoms with E-state index in [-0.39, 0.29) is 0 Å². The zero-order valence-corrected chi connectivity index (χ0v) is 9.20. The second-order valence-electron chi connectivity index (χ2n) is 3.57. The summed E-state index contributed by atoms with van der Waals surface area (Å²) < 4.78 is 37.4. The molecule has 2 aromatic rings. The summed E-state index contributed by atoms with van der Waals surface area (Å²) in [6, 6.07) is 8.40. The Morgan fingerprint density at radius 1 is 0.944 bits per heavy atom. The molecule has 0 saturated carbocycles. The lowest BCUT2D eigenvalue weighted by Gasteiger charge is -2.05. The summed E-state index contributed by atoms with van der Waals surface area (Å²) in [5.41, 5.74) is 0.295. The number of rotatable bonds is 0. The number of benzene rings is 1. The van der Waals surface area contributed by atoms with E-state index >= 15 is 0 Å². The Kier molecular flexibility index (Phi) is 3.33. The van der Waals surface area contributed by atoms with Gasteiger partial charge >= 0.3 is 6.18 Å². The normalized spacial score (nSPS) is 10.6. The maximum Gasteiger partial charge on any atom is 0.416 e. The van der Waals surface area contributed by atoms with Gasteiger partial charge in [-0.3, -0.25) is 4.98 Å². The van der Waals surface area contributed by atoms with Crippen molar-refractivity contribution in [1.82, 2.24) is 4.98 Å². The van der Waals surface area contributed by atoms with Crippen molar-refractivity contribution in [3.63, 3.8) is 0 Å². The van der Waals surface area contributed by atoms with Gasteiger partial charge in [-0.05, 0) is 30.3 Å². The molecule has 0 bridgehead atoms. The molecular formula is C14H8F3N. The van der Waals surface area contributed by atoms with Crippen molar-refractivity contribution in [1.29, 1.82) is 0 Å². The molecule has 0 aliphatic rings. The number of alkyl halides is 3. The standard InChI is InChI=1S/C14H8F3N/c15-14(16,17)13-5-1-3-11(9-13)6-7-12-4-2-8-18-10-12/h1-5,8-10H. The Hall–Kier alpha value is -2.28. The summed E-state index contributed by atoms with van der Waals surface area (Å²) in [7, 11) is 0. The van der Waals surface area contributed by atoms with Crippen molar-refractivity contribution < 1.29 is 13.2 Å². The number of nitrogens with zero attached hydrogens (tertiary/aromatic N) is 1. The van der Waals surface area contributed by atoms with Crippen LogP contribution in [0, 0.1) is 11.8 Å². The molecule has 0 aliphatic heterocycles. The lowest BCUT2D eigenvalue weighted by Crippen LogP contribution is -2.04. The molecule has 4 heteroatoms. The van der Waals surface area contributed by atoms with E-state index in [9.17, 15) is 13.2 Å². The van der Waals surface area contributed by atoms with E-state index in [4.69, 9.17) is 0 Å². The lowest BCUT2D eigenvalue weighted by atomic mass is 10.1. The van der Waals surface area contributed by atoms with Crippen molar-refractivity contribution in [2.45, 2.75) is 6.18 Å². The molecule has 18 heavy (non-hydrogen) atoms. The van der Waals surface area contributed by atoms with E-state index in [1.54, 1.807) is 30.6 Å². The molecular weight excluding hydrogens is 239 g/mol. The molecule has 90 valence electrons. The summed E-state index contributed by atoms with van der Waals surface area (Å²) in [6.45, 7) is 0. The minimum absolute atomic E-state index is 0.327. The van der Waals surface area contributed by atoms with E-state index in [1.165, 1.54) is 6.07 Å². The first-order valence-electron chi connectivity index (χ1n) is 5.15. The van der Waals surface area contributed by atoms with E-state index in [2.05, 4.69) is 16.8 Å². The number of aromatic nitrogens is 1. The zero-order valence-electron chi connectivity index (χ0n) is 9.20. The van der Waals surface area contributed by atoms with Crippen LogP contribution >= 0.6 is 0 Å². The average molecular weight is 247 g/mol. The summed E-state index contributed by atoms with van der Waals surface area (Å²) in [5, 5.41) is 0. The van der Waals surface area contributed by atoms with E-state index in [0.717, 1.165) is 12.1 Å². The van der Waals surface area contributed by atoms with Crippen LogP contribution in [0.15, 0.2) is 48.8 Å². The summed E-state index contributed by atoms with van der Waals surface area (Å²) >= 11 is 0. The minimum Gasteiger partial charge on any atom is -0.263 e. The third kappa shape index (κ3) is 3.11. The summed E-state index contributed by atoms with van der Waals surface area (Å²) in [6.07, 6.45) is -1.18. The Morgan fingerprint density at radius 3 is 2.33 bits per heavy atom. The predicted octanol–water partition coefficient (Wildman–Crippen LogP) is 3.50. The fourth-order valence-corrected chi connectivity index (χ4v) is 1.35. The minimum atomic E-state index is -4.34. The fraction of sp³-hybridized carbons (Fsp3) is 0.0714. The van der Waals surface area contributed by atoms with Crippen molar-refractivity contribution in [3.05, 3.63) is 65.5 Å². The molecule has 0 spiro atoms. The van der Waals surface area contributed by atoms with Crippen LogP contribution < -0.4 is 0 Å². The molecule has 1 aromatic carbocycles. The van der Waals surface area contributed by atoms with Crippen molar-refractivity contribution in [3.8, 4) is 11.8 Å². The molecule has 2 rings (SSSR count). The Morgan fingerprint density at radius 2 is 1.67 bits per heavy atom. The first kappa shape index (κ1) is 12.2. The highest BCUT2D eigenvalue weighted by Crippen LogP contribution is 2.29. The van der Waals surface area contributed by atoms with Crippen molar-refractivity contribution >= 4 is 0 Å². The van der Waals surface area contributed by atoms with E-state index in [0.29, 0.717) is 11.1 Å². The van der Waals surface area contributed by atoms with E-state index < -0.39 is 11.7 Å². The molecule has 0 fully saturated rings. The monoisotopic (exact) mass is 247 g/mol. The molecule has 0 N–H and O–H groups in total. The highest BCUT2D eigenvalue weighted by Gasteiger charge is 2.30. The Balaban J connectivity index is 2.29. The van der Waals surface area contributed by atoms with Gasteiger partial charge in [0.05, 0.1) is 5.56 Å². The SMILES string of the molecule is FC(F)(F)c1cccc(C#Cc2cccnc2)c1. The van der Waals surface area contributed by atoms with Crippen LogP contribution in [0.5, 0.6) is 0 Å². The van der Waals surface area contributed by atoms with Gasteiger partial charge in [0.2, 0.25) is 0 Å². The summed E-state index contributed by atoms with van der Waals surface area (Å²) in [4.78, 5) is 3.87. The van der Waals surface area contributed by atoms with Crippen LogP contribution in [-0.4, -0.2) is 4.98 Å². The van der Waals surface area contributed by atoms with Gasteiger partial charge in [0.1, 0.15) is 0 Å². The average Bonchev–Trinajstić information content (AvgIpc) is 2.37. The first-order valence-corrected chi connectivity index (χ1v) is 5.15. The van der Waals surface area contributed by atoms with Gasteiger partial charge in [-0.2, -0.15) is 13.2 Å². The third-order valence-corrected chi connectivity index (χ3v) is 2.20. The molecule has 0 aliphatic carbocycles. The van der Waals surface area contributed by atoms with Gasteiger partial charge in [0, 0.05) is 23.5 Å². The predicted molar refractivity (Wildman–Crippen MR) is 61.7 cm³/mol. The molecule has 0 radical (unpaired) electrons. The van der Waals surface area contributed by atoms with Gasteiger partial charge in [0.25, 0.3) is 0 Å². The number of pyridine rings is 1. The highest BCUT2D eigenvalue weighted by molar-refractivity contribution is 5.43.